The van der Waals surface area contributed by atoms with E-state index in [2.05, 4.69) is 20.0 Å². The monoisotopic (exact) mass is 278 g/mol. The maximum Gasteiger partial charge on any atom is 0.211 e. The highest BCUT2D eigenvalue weighted by atomic mass is 35.5. The molecule has 0 bridgehead atoms. The van der Waals surface area contributed by atoms with Crippen molar-refractivity contribution >= 4 is 27.4 Å². The van der Waals surface area contributed by atoms with Crippen LogP contribution in [0.5, 0.6) is 0 Å². The predicted molar refractivity (Wildman–Crippen MR) is 67.6 cm³/mol. The first-order chi connectivity index (χ1) is 8.03. The lowest BCUT2D eigenvalue weighted by atomic mass is 10.4. The Hall–Kier alpha value is -0.920. The van der Waals surface area contributed by atoms with Gasteiger partial charge in [0.05, 0.1) is 18.1 Å². The van der Waals surface area contributed by atoms with Crippen molar-refractivity contribution in [3.05, 3.63) is 17.5 Å². The Balaban J connectivity index is 2.21. The van der Waals surface area contributed by atoms with Crippen LogP contribution in [0.2, 0.25) is 5.15 Å². The number of anilines is 1. The molecule has 2 N–H and O–H groups in total. The molecule has 0 aliphatic carbocycles. The SMILES string of the molecule is CCS(=O)(=O)NCCCNc1cncc(Cl)n1. The Morgan fingerprint density at radius 3 is 2.76 bits per heavy atom. The van der Waals surface area contributed by atoms with Gasteiger partial charge in [0, 0.05) is 13.1 Å². The summed E-state index contributed by atoms with van der Waals surface area (Å²) in [5.41, 5.74) is 0. The summed E-state index contributed by atoms with van der Waals surface area (Å²) in [4.78, 5) is 7.86. The molecule has 1 aromatic rings. The van der Waals surface area contributed by atoms with E-state index in [0.717, 1.165) is 0 Å². The topological polar surface area (TPSA) is 84.0 Å². The van der Waals surface area contributed by atoms with Gasteiger partial charge in [-0.25, -0.2) is 18.1 Å². The van der Waals surface area contributed by atoms with E-state index in [1.807, 2.05) is 0 Å². The van der Waals surface area contributed by atoms with Crippen LogP contribution in [0, 0.1) is 0 Å². The van der Waals surface area contributed by atoms with E-state index in [9.17, 15) is 8.42 Å². The van der Waals surface area contributed by atoms with Gasteiger partial charge in [0.25, 0.3) is 0 Å². The van der Waals surface area contributed by atoms with Gasteiger partial charge in [-0.05, 0) is 13.3 Å². The van der Waals surface area contributed by atoms with Crippen molar-refractivity contribution in [1.82, 2.24) is 14.7 Å². The maximum absolute atomic E-state index is 11.1. The zero-order valence-corrected chi connectivity index (χ0v) is 11.1. The van der Waals surface area contributed by atoms with E-state index in [1.54, 1.807) is 13.1 Å². The van der Waals surface area contributed by atoms with Gasteiger partial charge >= 0.3 is 0 Å². The summed E-state index contributed by atoms with van der Waals surface area (Å²) in [5.74, 6) is 0.677. The molecule has 17 heavy (non-hydrogen) atoms. The van der Waals surface area contributed by atoms with Crippen molar-refractivity contribution in [3.8, 4) is 0 Å². The van der Waals surface area contributed by atoms with E-state index in [1.165, 1.54) is 6.20 Å². The molecule has 0 aliphatic heterocycles. The van der Waals surface area contributed by atoms with Gasteiger partial charge in [-0.15, -0.1) is 0 Å². The first-order valence-corrected chi connectivity index (χ1v) is 7.25. The Morgan fingerprint density at radius 1 is 1.35 bits per heavy atom. The Morgan fingerprint density at radius 2 is 2.12 bits per heavy atom. The second kappa shape index (κ2) is 6.73. The molecule has 0 saturated heterocycles. The standard InChI is InChI=1S/C9H15ClN4O2S/c1-2-17(15,16)13-5-3-4-12-9-7-11-6-8(10)14-9/h6-7,13H,2-5H2,1H3,(H,12,14). The number of nitrogens with one attached hydrogen (secondary N) is 2. The predicted octanol–water partition coefficient (Wildman–Crippen LogP) is 0.871. The number of sulfonamides is 1. The minimum absolute atomic E-state index is 0.0974. The second-order valence-corrected chi connectivity index (χ2v) is 5.79. The minimum Gasteiger partial charge on any atom is -0.369 e. The van der Waals surface area contributed by atoms with Crippen LogP contribution in [0.15, 0.2) is 12.4 Å². The lowest BCUT2D eigenvalue weighted by Crippen LogP contribution is -2.27. The minimum atomic E-state index is -3.10. The molecule has 0 spiro atoms. The van der Waals surface area contributed by atoms with Gasteiger partial charge in [-0.3, -0.25) is 4.98 Å². The normalized spacial score (nSPS) is 11.4. The van der Waals surface area contributed by atoms with E-state index >= 15 is 0 Å². The largest absolute Gasteiger partial charge is 0.369 e. The number of aromatic nitrogens is 2. The Bertz CT molecular complexity index is 452. The molecule has 0 aliphatic rings. The molecule has 8 heteroatoms. The number of rotatable bonds is 7. The molecule has 0 atom stereocenters. The van der Waals surface area contributed by atoms with Crippen LogP contribution in [0.1, 0.15) is 13.3 Å². The first-order valence-electron chi connectivity index (χ1n) is 5.22. The third kappa shape index (κ3) is 5.81. The Kier molecular flexibility index (Phi) is 5.60. The molecule has 0 aromatic carbocycles. The smallest absolute Gasteiger partial charge is 0.211 e. The van der Waals surface area contributed by atoms with E-state index in [0.29, 0.717) is 30.5 Å². The third-order valence-corrected chi connectivity index (χ3v) is 3.55. The average molecular weight is 279 g/mol. The van der Waals surface area contributed by atoms with Crippen LogP contribution in [0.4, 0.5) is 5.82 Å². The van der Waals surface area contributed by atoms with Crippen molar-refractivity contribution in [3.63, 3.8) is 0 Å². The molecular weight excluding hydrogens is 264 g/mol. The summed E-state index contributed by atoms with van der Waals surface area (Å²) in [6.45, 7) is 2.60. The fraction of sp³-hybridized carbons (Fsp3) is 0.556. The van der Waals surface area contributed by atoms with Gasteiger partial charge in [0.1, 0.15) is 11.0 Å². The van der Waals surface area contributed by atoms with Crippen molar-refractivity contribution < 1.29 is 8.42 Å². The summed E-state index contributed by atoms with van der Waals surface area (Å²) in [6.07, 6.45) is 3.66. The zero-order chi connectivity index (χ0) is 12.7. The highest BCUT2D eigenvalue weighted by Gasteiger charge is 2.04. The molecule has 0 amide bonds. The lowest BCUT2D eigenvalue weighted by Gasteiger charge is -2.06. The molecule has 0 fully saturated rings. The highest BCUT2D eigenvalue weighted by Crippen LogP contribution is 2.06. The third-order valence-electron chi connectivity index (χ3n) is 1.97. The highest BCUT2D eigenvalue weighted by molar-refractivity contribution is 7.89. The number of halogens is 1. The average Bonchev–Trinajstić information content (AvgIpc) is 2.29. The molecule has 1 rings (SSSR count). The second-order valence-electron chi connectivity index (χ2n) is 3.31. The van der Waals surface area contributed by atoms with Crippen molar-refractivity contribution in [1.29, 1.82) is 0 Å². The quantitative estimate of drug-likeness (QED) is 0.723. The van der Waals surface area contributed by atoms with Gasteiger partial charge < -0.3 is 5.32 Å². The van der Waals surface area contributed by atoms with E-state index < -0.39 is 10.0 Å². The fourth-order valence-electron chi connectivity index (χ4n) is 1.06. The van der Waals surface area contributed by atoms with Gasteiger partial charge in [-0.1, -0.05) is 11.6 Å². The van der Waals surface area contributed by atoms with Crippen LogP contribution < -0.4 is 10.0 Å². The number of hydrogen-bond donors (Lipinski definition) is 2. The van der Waals surface area contributed by atoms with Crippen LogP contribution in [0.25, 0.3) is 0 Å². The van der Waals surface area contributed by atoms with E-state index in [-0.39, 0.29) is 5.75 Å². The van der Waals surface area contributed by atoms with Gasteiger partial charge in [0.2, 0.25) is 10.0 Å². The summed E-state index contributed by atoms with van der Waals surface area (Å²) < 4.78 is 24.7. The first kappa shape index (κ1) is 14.1. The summed E-state index contributed by atoms with van der Waals surface area (Å²) >= 11 is 5.66. The fourth-order valence-corrected chi connectivity index (χ4v) is 1.87. The molecule has 0 radical (unpaired) electrons. The van der Waals surface area contributed by atoms with Crippen molar-refractivity contribution in [2.24, 2.45) is 0 Å². The van der Waals surface area contributed by atoms with E-state index in [4.69, 9.17) is 11.6 Å². The number of hydrogen-bond acceptors (Lipinski definition) is 5. The van der Waals surface area contributed by atoms with Gasteiger partial charge in [-0.2, -0.15) is 0 Å². The molecule has 0 unspecified atom stereocenters. The molecular formula is C9H15ClN4O2S. The van der Waals surface area contributed by atoms with Crippen molar-refractivity contribution in [2.45, 2.75) is 13.3 Å². The number of nitrogens with zero attached hydrogens (tertiary/aromatic N) is 2. The van der Waals surface area contributed by atoms with Crippen LogP contribution in [0.3, 0.4) is 0 Å². The summed E-state index contributed by atoms with van der Waals surface area (Å²) in [6, 6.07) is 0. The summed E-state index contributed by atoms with van der Waals surface area (Å²) in [5, 5.41) is 3.32. The molecule has 6 nitrogen and oxygen atoms in total. The molecule has 1 aromatic heterocycles. The Labute approximate surface area is 106 Å². The maximum atomic E-state index is 11.1. The molecule has 96 valence electrons. The van der Waals surface area contributed by atoms with Crippen LogP contribution in [-0.2, 0) is 10.0 Å². The van der Waals surface area contributed by atoms with Crippen LogP contribution in [-0.4, -0.2) is 37.2 Å². The molecule has 1 heterocycles. The zero-order valence-electron chi connectivity index (χ0n) is 9.48. The van der Waals surface area contributed by atoms with Crippen molar-refractivity contribution in [2.75, 3.05) is 24.2 Å². The molecule has 0 saturated carbocycles. The van der Waals surface area contributed by atoms with Crippen LogP contribution >= 0.6 is 11.6 Å². The van der Waals surface area contributed by atoms with Gasteiger partial charge in [0.15, 0.2) is 0 Å². The lowest BCUT2D eigenvalue weighted by molar-refractivity contribution is 0.581. The summed E-state index contributed by atoms with van der Waals surface area (Å²) in [7, 11) is -3.10.